The number of primary amides is 1. The van der Waals surface area contributed by atoms with E-state index in [1.807, 2.05) is 19.1 Å². The van der Waals surface area contributed by atoms with Gasteiger partial charge in [0, 0.05) is 44.7 Å². The van der Waals surface area contributed by atoms with E-state index in [4.69, 9.17) is 31.5 Å². The van der Waals surface area contributed by atoms with Gasteiger partial charge in [-0.15, -0.1) is 0 Å². The number of rotatable bonds is 13. The van der Waals surface area contributed by atoms with Crippen molar-refractivity contribution in [3.05, 3.63) is 82.9 Å². The molecule has 2 aliphatic rings. The number of amides is 2. The highest BCUT2D eigenvalue weighted by atomic mass is 35.5. The Morgan fingerprint density at radius 2 is 1.66 bits per heavy atom. The second kappa shape index (κ2) is 16.1. The predicted molar refractivity (Wildman–Crippen MR) is 181 cm³/mol. The first-order valence-electron chi connectivity index (χ1n) is 15.9. The smallest absolute Gasteiger partial charge is 0.324 e. The van der Waals surface area contributed by atoms with E-state index in [9.17, 15) is 14.4 Å². The molecule has 1 unspecified atom stereocenters. The van der Waals surface area contributed by atoms with Crippen molar-refractivity contribution in [2.24, 2.45) is 5.73 Å². The monoisotopic (exact) mass is 663 g/mol. The molecule has 5 rings (SSSR count). The van der Waals surface area contributed by atoms with Gasteiger partial charge in [0.25, 0.3) is 0 Å². The van der Waals surface area contributed by atoms with Crippen LogP contribution in [0.15, 0.2) is 66.7 Å². The third kappa shape index (κ3) is 8.81. The molecule has 0 radical (unpaired) electrons. The number of methoxy groups -OCH3 is 1. The Morgan fingerprint density at radius 3 is 2.34 bits per heavy atom. The second-order valence-electron chi connectivity index (χ2n) is 11.6. The second-order valence-corrected chi connectivity index (χ2v) is 12.0. The number of hydrogen-bond acceptors (Lipinski definition) is 9. The molecular weight excluding hydrogens is 622 g/mol. The molecule has 250 valence electrons. The van der Waals surface area contributed by atoms with Gasteiger partial charge in [0.1, 0.15) is 11.5 Å². The van der Waals surface area contributed by atoms with Crippen LogP contribution in [0.2, 0.25) is 5.02 Å². The molecule has 2 saturated heterocycles. The lowest BCUT2D eigenvalue weighted by atomic mass is 10.0. The minimum atomic E-state index is -0.714. The van der Waals surface area contributed by atoms with Gasteiger partial charge < -0.3 is 19.9 Å². The maximum absolute atomic E-state index is 13.2. The maximum atomic E-state index is 13.2. The lowest BCUT2D eigenvalue weighted by Crippen LogP contribution is -2.52. The van der Waals surface area contributed by atoms with Crippen LogP contribution in [0.1, 0.15) is 35.7 Å². The summed E-state index contributed by atoms with van der Waals surface area (Å²) in [6.07, 6.45) is 2.10. The van der Waals surface area contributed by atoms with Crippen molar-refractivity contribution in [2.45, 2.75) is 32.4 Å². The Bertz CT molecular complexity index is 1550. The zero-order chi connectivity index (χ0) is 33.3. The summed E-state index contributed by atoms with van der Waals surface area (Å²) in [5, 5.41) is 0.364. The van der Waals surface area contributed by atoms with Crippen LogP contribution in [0.3, 0.4) is 0 Å². The highest BCUT2D eigenvalue weighted by Crippen LogP contribution is 2.38. The Kier molecular flexibility index (Phi) is 11.7. The van der Waals surface area contributed by atoms with Crippen LogP contribution in [0.25, 0.3) is 0 Å². The summed E-state index contributed by atoms with van der Waals surface area (Å²) in [5.74, 6) is 0.875. The molecule has 0 bridgehead atoms. The van der Waals surface area contributed by atoms with Gasteiger partial charge in [-0.25, -0.2) is 4.79 Å². The quantitative estimate of drug-likeness (QED) is 0.201. The Labute approximate surface area is 280 Å². The fourth-order valence-corrected chi connectivity index (χ4v) is 6.23. The third-order valence-corrected chi connectivity index (χ3v) is 8.74. The number of urea groups is 1. The molecule has 12 heteroatoms. The van der Waals surface area contributed by atoms with Crippen molar-refractivity contribution < 1.29 is 28.6 Å². The number of ether oxygens (including phenoxy) is 3. The van der Waals surface area contributed by atoms with Gasteiger partial charge in [0.2, 0.25) is 0 Å². The summed E-state index contributed by atoms with van der Waals surface area (Å²) in [7, 11) is 1.50. The van der Waals surface area contributed by atoms with Gasteiger partial charge in [-0.3, -0.25) is 29.2 Å². The van der Waals surface area contributed by atoms with E-state index in [-0.39, 0.29) is 24.4 Å². The van der Waals surface area contributed by atoms with Crippen LogP contribution >= 0.6 is 11.6 Å². The molecule has 3 aromatic carbocycles. The topological polar surface area (TPSA) is 118 Å². The number of piperazine rings is 1. The van der Waals surface area contributed by atoms with Crippen molar-refractivity contribution in [3.63, 3.8) is 0 Å². The van der Waals surface area contributed by atoms with Crippen molar-refractivity contribution in [2.75, 3.05) is 64.6 Å². The molecule has 1 atom stereocenters. The van der Waals surface area contributed by atoms with E-state index in [2.05, 4.69) is 14.7 Å². The van der Waals surface area contributed by atoms with Crippen molar-refractivity contribution >= 4 is 40.8 Å². The lowest BCUT2D eigenvalue weighted by Gasteiger charge is -2.37. The molecule has 2 N–H and O–H groups in total. The molecule has 0 aliphatic carbocycles. The first kappa shape index (κ1) is 34.2. The largest absolute Gasteiger partial charge is 0.495 e. The number of para-hydroxylation sites is 1. The molecule has 11 nitrogen and oxygen atoms in total. The minimum absolute atomic E-state index is 0.0363. The molecule has 0 spiro atoms. The van der Waals surface area contributed by atoms with Crippen LogP contribution in [-0.2, 0) is 16.0 Å². The summed E-state index contributed by atoms with van der Waals surface area (Å²) >= 11 is 6.34. The highest BCUT2D eigenvalue weighted by Gasteiger charge is 2.29. The fraction of sp³-hybridized carbons (Fsp3) is 0.400. The van der Waals surface area contributed by atoms with Crippen LogP contribution in [0.5, 0.6) is 11.5 Å². The van der Waals surface area contributed by atoms with Gasteiger partial charge in [-0.05, 0) is 73.9 Å². The Balaban J connectivity index is 1.16. The normalized spacial score (nSPS) is 17.3. The van der Waals surface area contributed by atoms with Crippen molar-refractivity contribution in [1.82, 2.24) is 14.7 Å². The Morgan fingerprint density at radius 1 is 0.936 bits per heavy atom. The van der Waals surface area contributed by atoms with E-state index < -0.39 is 6.03 Å². The first-order valence-corrected chi connectivity index (χ1v) is 16.3. The number of carbonyl (C=O) groups excluding carboxylic acids is 3. The van der Waals surface area contributed by atoms with E-state index in [0.29, 0.717) is 40.9 Å². The number of esters is 1. The molecular formula is C35H42ClN5O6. The van der Waals surface area contributed by atoms with E-state index in [0.717, 1.165) is 63.5 Å². The van der Waals surface area contributed by atoms with E-state index in [1.54, 1.807) is 54.6 Å². The zero-order valence-corrected chi connectivity index (χ0v) is 27.7. The van der Waals surface area contributed by atoms with Gasteiger partial charge >= 0.3 is 12.0 Å². The van der Waals surface area contributed by atoms with Crippen LogP contribution < -0.4 is 20.1 Å². The molecule has 47 heavy (non-hydrogen) atoms. The lowest BCUT2D eigenvalue weighted by molar-refractivity contribution is -0.145. The predicted octanol–water partition coefficient (Wildman–Crippen LogP) is 4.93. The number of likely N-dealkylation sites (tertiary alicyclic amines) is 1. The molecule has 2 amide bonds. The van der Waals surface area contributed by atoms with Crippen molar-refractivity contribution in [3.8, 4) is 11.5 Å². The molecule has 0 aromatic heterocycles. The number of anilines is 2. The number of nitrogens with zero attached hydrogens (tertiary/aromatic N) is 4. The number of ketones is 1. The molecule has 2 fully saturated rings. The maximum Gasteiger partial charge on any atom is 0.324 e. The minimum Gasteiger partial charge on any atom is -0.495 e. The number of Topliss-reactive ketones (excluding diaryl/α,β-unsaturated/α-hetero) is 1. The number of nitrogens with two attached hydrogens (primary N) is 1. The van der Waals surface area contributed by atoms with Gasteiger partial charge in [0.15, 0.2) is 12.0 Å². The highest BCUT2D eigenvalue weighted by molar-refractivity contribution is 6.34. The third-order valence-electron chi connectivity index (χ3n) is 8.42. The van der Waals surface area contributed by atoms with Gasteiger partial charge in [-0.1, -0.05) is 29.8 Å². The van der Waals surface area contributed by atoms with Gasteiger partial charge in [0.05, 0.1) is 43.3 Å². The summed E-state index contributed by atoms with van der Waals surface area (Å²) < 4.78 is 17.0. The van der Waals surface area contributed by atoms with E-state index in [1.165, 1.54) is 12.0 Å². The summed E-state index contributed by atoms with van der Waals surface area (Å²) in [6.45, 7) is 7.79. The fourth-order valence-electron chi connectivity index (χ4n) is 6.01. The molecule has 0 saturated carbocycles. The summed E-state index contributed by atoms with van der Waals surface area (Å²) in [5.41, 5.74) is 7.86. The van der Waals surface area contributed by atoms with Gasteiger partial charge in [-0.2, -0.15) is 0 Å². The number of benzene rings is 3. The number of carbonyl (C=O) groups is 3. The SMILES string of the molecule is CCOC(=O)CN1CCN(CN2CCCC2Oc2ccc(C(=O)Cc3ccc(N(C(N)=O)c4ccccc4Cl)c(OC)c3)cc2)CC1. The Hall–Kier alpha value is -4.16. The number of hydrogen-bond donors (Lipinski definition) is 1. The zero-order valence-electron chi connectivity index (χ0n) is 26.9. The van der Waals surface area contributed by atoms with Crippen LogP contribution in [-0.4, -0.2) is 98.4 Å². The first-order chi connectivity index (χ1) is 22.7. The average molecular weight is 664 g/mol. The standard InChI is InChI=1S/C35H42ClN5O6/c1-3-46-34(43)23-38-17-19-39(20-18-38)24-40-16-6-9-33(40)47-27-13-11-26(12-14-27)31(42)21-25-10-15-30(32(22-25)45-2)41(35(37)44)29-8-5-4-7-28(29)36/h4-5,7-8,10-15,22,33H,3,6,9,16-21,23-24H2,1-2H3,(H2,37,44). The van der Waals surface area contributed by atoms with E-state index >= 15 is 0 Å². The van der Waals surface area contributed by atoms with Crippen molar-refractivity contribution in [1.29, 1.82) is 0 Å². The average Bonchev–Trinajstić information content (AvgIpc) is 3.49. The molecule has 3 aromatic rings. The summed E-state index contributed by atoms with van der Waals surface area (Å²) in [6, 6.07) is 18.6. The van der Waals surface area contributed by atoms with Crippen LogP contribution in [0, 0.1) is 0 Å². The molecule has 2 aliphatic heterocycles. The van der Waals surface area contributed by atoms with Crippen LogP contribution in [0.4, 0.5) is 16.2 Å². The summed E-state index contributed by atoms with van der Waals surface area (Å²) in [4.78, 5) is 45.6. The number of halogens is 1. The molecule has 2 heterocycles.